The lowest BCUT2D eigenvalue weighted by Gasteiger charge is -2.07. The second-order valence-corrected chi connectivity index (χ2v) is 2.55. The first-order chi connectivity index (χ1) is 6.74. The third kappa shape index (κ3) is 1.65. The Morgan fingerprint density at radius 1 is 1.43 bits per heavy atom. The van der Waals surface area contributed by atoms with Crippen molar-refractivity contribution in [2.45, 2.75) is 6.42 Å². The number of benzene rings is 1. The van der Waals surface area contributed by atoms with Crippen LogP contribution in [0.5, 0.6) is 5.75 Å². The van der Waals surface area contributed by atoms with Gasteiger partial charge in [0.2, 0.25) is 0 Å². The van der Waals surface area contributed by atoms with Crippen LogP contribution in [0, 0.1) is 28.5 Å². The molecule has 3 nitrogen and oxygen atoms in total. The lowest BCUT2D eigenvalue weighted by molar-refractivity contribution is 0.409. The maximum Gasteiger partial charge on any atom is 0.141 e. The molecule has 0 amide bonds. The summed E-state index contributed by atoms with van der Waals surface area (Å²) in [6, 6.07) is 6.14. The minimum atomic E-state index is -0.626. The Balaban J connectivity index is 3.39. The third-order valence-electron chi connectivity index (χ3n) is 1.81. The highest BCUT2D eigenvalue weighted by Crippen LogP contribution is 2.24. The van der Waals surface area contributed by atoms with Gasteiger partial charge in [-0.05, 0) is 12.1 Å². The number of rotatable bonds is 2. The fraction of sp³-hybridized carbons (Fsp3) is 0.200. The number of hydrogen-bond donors (Lipinski definition) is 0. The van der Waals surface area contributed by atoms with Gasteiger partial charge in [-0.2, -0.15) is 10.5 Å². The fourth-order valence-corrected chi connectivity index (χ4v) is 1.17. The number of halogens is 1. The largest absolute Gasteiger partial charge is 0.496 e. The molecule has 0 heterocycles. The van der Waals surface area contributed by atoms with Gasteiger partial charge >= 0.3 is 0 Å². The number of nitrogens with zero attached hydrogens (tertiary/aromatic N) is 2. The van der Waals surface area contributed by atoms with E-state index in [9.17, 15) is 4.39 Å². The molecule has 1 aromatic rings. The third-order valence-corrected chi connectivity index (χ3v) is 1.81. The number of methoxy groups -OCH3 is 1. The highest BCUT2D eigenvalue weighted by molar-refractivity contribution is 5.48. The summed E-state index contributed by atoms with van der Waals surface area (Å²) in [6.45, 7) is 0. The molecule has 0 unspecified atom stereocenters. The molecule has 1 rings (SSSR count). The first-order valence-electron chi connectivity index (χ1n) is 3.87. The van der Waals surface area contributed by atoms with Crippen LogP contribution >= 0.6 is 0 Å². The average molecular weight is 190 g/mol. The van der Waals surface area contributed by atoms with Crippen LogP contribution in [0.2, 0.25) is 0 Å². The maximum absolute atomic E-state index is 13.1. The predicted octanol–water partition coefficient (Wildman–Crippen LogP) is 1.77. The van der Waals surface area contributed by atoms with Crippen molar-refractivity contribution in [1.29, 1.82) is 10.5 Å². The van der Waals surface area contributed by atoms with Crippen LogP contribution in [0.1, 0.15) is 11.1 Å². The molecule has 0 aliphatic heterocycles. The SMILES string of the molecule is COc1ccc(F)c(C#N)c1CC#N. The summed E-state index contributed by atoms with van der Waals surface area (Å²) in [7, 11) is 1.41. The molecular weight excluding hydrogens is 183 g/mol. The minimum absolute atomic E-state index is 0.0379. The van der Waals surface area contributed by atoms with Crippen molar-refractivity contribution in [2.75, 3.05) is 7.11 Å². The monoisotopic (exact) mass is 190 g/mol. The molecule has 0 atom stereocenters. The Morgan fingerprint density at radius 3 is 2.64 bits per heavy atom. The highest BCUT2D eigenvalue weighted by atomic mass is 19.1. The second-order valence-electron chi connectivity index (χ2n) is 2.55. The molecule has 0 aliphatic rings. The van der Waals surface area contributed by atoms with Crippen LogP contribution in [-0.2, 0) is 6.42 Å². The maximum atomic E-state index is 13.1. The van der Waals surface area contributed by atoms with E-state index in [-0.39, 0.29) is 12.0 Å². The average Bonchev–Trinajstić information content (AvgIpc) is 2.19. The van der Waals surface area contributed by atoms with Crippen LogP contribution in [-0.4, -0.2) is 7.11 Å². The van der Waals surface area contributed by atoms with Gasteiger partial charge in [-0.15, -0.1) is 0 Å². The molecule has 0 aliphatic carbocycles. The summed E-state index contributed by atoms with van der Waals surface area (Å²) in [5, 5.41) is 17.2. The van der Waals surface area contributed by atoms with Crippen LogP contribution in [0.15, 0.2) is 12.1 Å². The summed E-state index contributed by atoms with van der Waals surface area (Å²) in [5.74, 6) is -0.261. The minimum Gasteiger partial charge on any atom is -0.496 e. The van der Waals surface area contributed by atoms with Crippen LogP contribution in [0.3, 0.4) is 0 Å². The molecule has 0 radical (unpaired) electrons. The zero-order valence-corrected chi connectivity index (χ0v) is 7.54. The summed E-state index contributed by atoms with van der Waals surface area (Å²) in [6.07, 6.45) is -0.0379. The van der Waals surface area contributed by atoms with Gasteiger partial charge in [0.05, 0.1) is 25.2 Å². The molecule has 70 valence electrons. The van der Waals surface area contributed by atoms with E-state index in [0.29, 0.717) is 11.3 Å². The van der Waals surface area contributed by atoms with Crippen LogP contribution in [0.4, 0.5) is 4.39 Å². The summed E-state index contributed by atoms with van der Waals surface area (Å²) < 4.78 is 18.0. The fourth-order valence-electron chi connectivity index (χ4n) is 1.17. The second kappa shape index (κ2) is 4.25. The predicted molar refractivity (Wildman–Crippen MR) is 47.0 cm³/mol. The van der Waals surface area contributed by atoms with E-state index in [1.807, 2.05) is 6.07 Å². The summed E-state index contributed by atoms with van der Waals surface area (Å²) in [4.78, 5) is 0. The normalized spacial score (nSPS) is 8.86. The number of hydrogen-bond acceptors (Lipinski definition) is 3. The molecular formula is C10H7FN2O. The molecule has 0 saturated heterocycles. The zero-order chi connectivity index (χ0) is 10.6. The molecule has 1 aromatic carbocycles. The molecule has 0 saturated carbocycles. The molecule has 4 heteroatoms. The van der Waals surface area contributed by atoms with Crippen LogP contribution < -0.4 is 4.74 Å². The zero-order valence-electron chi connectivity index (χ0n) is 7.54. The van der Waals surface area contributed by atoms with E-state index in [0.717, 1.165) is 6.07 Å². The Labute approximate surface area is 81.0 Å². The van der Waals surface area contributed by atoms with Crippen molar-refractivity contribution in [3.05, 3.63) is 29.1 Å². The van der Waals surface area contributed by atoms with E-state index in [4.69, 9.17) is 15.3 Å². The summed E-state index contributed by atoms with van der Waals surface area (Å²) >= 11 is 0. The van der Waals surface area contributed by atoms with Crippen molar-refractivity contribution >= 4 is 0 Å². The van der Waals surface area contributed by atoms with Gasteiger partial charge in [-0.1, -0.05) is 0 Å². The lowest BCUT2D eigenvalue weighted by Crippen LogP contribution is -1.97. The molecule has 0 fully saturated rings. The Morgan fingerprint density at radius 2 is 2.14 bits per heavy atom. The Hall–Kier alpha value is -2.07. The Bertz CT molecular complexity index is 429. The van der Waals surface area contributed by atoms with Gasteiger partial charge < -0.3 is 4.74 Å². The van der Waals surface area contributed by atoms with Gasteiger partial charge in [-0.25, -0.2) is 4.39 Å². The van der Waals surface area contributed by atoms with E-state index in [2.05, 4.69) is 0 Å². The van der Waals surface area contributed by atoms with Gasteiger partial charge in [0.25, 0.3) is 0 Å². The van der Waals surface area contributed by atoms with E-state index in [1.54, 1.807) is 6.07 Å². The van der Waals surface area contributed by atoms with Gasteiger partial charge in [0.1, 0.15) is 17.6 Å². The molecule has 0 spiro atoms. The van der Waals surface area contributed by atoms with Gasteiger partial charge in [0, 0.05) is 5.56 Å². The molecule has 0 N–H and O–H groups in total. The standard InChI is InChI=1S/C10H7FN2O/c1-14-10-3-2-9(11)8(6-13)7(10)4-5-12/h2-3H,4H2,1H3. The molecule has 14 heavy (non-hydrogen) atoms. The number of ether oxygens (including phenoxy) is 1. The van der Waals surface area contributed by atoms with Crippen molar-refractivity contribution in [3.63, 3.8) is 0 Å². The quantitative estimate of drug-likeness (QED) is 0.714. The first-order valence-corrected chi connectivity index (χ1v) is 3.87. The van der Waals surface area contributed by atoms with Crippen molar-refractivity contribution < 1.29 is 9.13 Å². The topological polar surface area (TPSA) is 56.8 Å². The van der Waals surface area contributed by atoms with Crippen molar-refractivity contribution in [3.8, 4) is 17.9 Å². The van der Waals surface area contributed by atoms with Crippen LogP contribution in [0.25, 0.3) is 0 Å². The van der Waals surface area contributed by atoms with Crippen molar-refractivity contribution in [1.82, 2.24) is 0 Å². The van der Waals surface area contributed by atoms with Gasteiger partial charge in [0.15, 0.2) is 0 Å². The highest BCUT2D eigenvalue weighted by Gasteiger charge is 2.13. The van der Waals surface area contributed by atoms with E-state index >= 15 is 0 Å². The van der Waals surface area contributed by atoms with Crippen molar-refractivity contribution in [2.24, 2.45) is 0 Å². The molecule has 0 bridgehead atoms. The van der Waals surface area contributed by atoms with E-state index in [1.165, 1.54) is 13.2 Å². The lowest BCUT2D eigenvalue weighted by atomic mass is 10.0. The summed E-state index contributed by atoms with van der Waals surface area (Å²) in [5.41, 5.74) is 0.184. The Kier molecular flexibility index (Phi) is 3.04. The number of nitriles is 2. The van der Waals surface area contributed by atoms with Gasteiger partial charge in [-0.3, -0.25) is 0 Å². The molecule has 0 aromatic heterocycles. The smallest absolute Gasteiger partial charge is 0.141 e. The first kappa shape index (κ1) is 10.0. The van der Waals surface area contributed by atoms with E-state index < -0.39 is 5.82 Å².